The van der Waals surface area contributed by atoms with Crippen LogP contribution in [0.4, 0.5) is 0 Å². The molecule has 2 atom stereocenters. The maximum absolute atomic E-state index is 11.4. The predicted octanol–water partition coefficient (Wildman–Crippen LogP) is -1.79. The molecule has 0 aromatic heterocycles. The molecule has 70 valence electrons. The third-order valence-electron chi connectivity index (χ3n) is 2.40. The van der Waals surface area contributed by atoms with Crippen molar-refractivity contribution in [3.05, 3.63) is 12.2 Å². The summed E-state index contributed by atoms with van der Waals surface area (Å²) < 4.78 is 0. The van der Waals surface area contributed by atoms with Gasteiger partial charge in [0.1, 0.15) is 12.1 Å². The van der Waals surface area contributed by atoms with Crippen LogP contribution in [-0.4, -0.2) is 41.9 Å². The summed E-state index contributed by atoms with van der Waals surface area (Å²) >= 11 is 0. The van der Waals surface area contributed by atoms with Gasteiger partial charge in [-0.3, -0.25) is 14.5 Å². The smallest absolute Gasteiger partial charge is 0.242 e. The van der Waals surface area contributed by atoms with Gasteiger partial charge in [-0.15, -0.1) is 0 Å². The standard InChI is InChI=1S/C8H11N3O2/c9-7(12)5-4-11-3-1-2-6(11)8(13)10-5/h1-2,5-6H,3-4H2,(H2,9,12)(H,10,13). The lowest BCUT2D eigenvalue weighted by Gasteiger charge is -2.33. The van der Waals surface area contributed by atoms with Crippen LogP contribution in [0.5, 0.6) is 0 Å². The van der Waals surface area contributed by atoms with Crippen LogP contribution in [0.3, 0.4) is 0 Å². The van der Waals surface area contributed by atoms with Crippen LogP contribution in [0.25, 0.3) is 0 Å². The third kappa shape index (κ3) is 1.31. The van der Waals surface area contributed by atoms with Crippen molar-refractivity contribution in [2.45, 2.75) is 12.1 Å². The maximum Gasteiger partial charge on any atom is 0.242 e. The van der Waals surface area contributed by atoms with Crippen molar-refractivity contribution in [2.75, 3.05) is 13.1 Å². The molecule has 0 bridgehead atoms. The number of primary amides is 1. The van der Waals surface area contributed by atoms with E-state index in [1.807, 2.05) is 17.1 Å². The summed E-state index contributed by atoms with van der Waals surface area (Å²) in [7, 11) is 0. The Balaban J connectivity index is 2.12. The molecule has 2 rings (SSSR count). The van der Waals surface area contributed by atoms with Crippen molar-refractivity contribution >= 4 is 11.8 Å². The SMILES string of the molecule is NC(=O)C1CN2CC=CC2C(=O)N1. The molecule has 5 nitrogen and oxygen atoms in total. The molecule has 0 saturated carbocycles. The van der Waals surface area contributed by atoms with Gasteiger partial charge >= 0.3 is 0 Å². The Morgan fingerprint density at radius 1 is 1.69 bits per heavy atom. The van der Waals surface area contributed by atoms with E-state index in [4.69, 9.17) is 5.73 Å². The van der Waals surface area contributed by atoms with Gasteiger partial charge < -0.3 is 11.1 Å². The Kier molecular flexibility index (Phi) is 1.81. The average molecular weight is 181 g/mol. The first-order valence-corrected chi connectivity index (χ1v) is 4.19. The van der Waals surface area contributed by atoms with Gasteiger partial charge in [-0.2, -0.15) is 0 Å². The van der Waals surface area contributed by atoms with Crippen LogP contribution in [-0.2, 0) is 9.59 Å². The van der Waals surface area contributed by atoms with Gasteiger partial charge in [0.2, 0.25) is 11.8 Å². The van der Waals surface area contributed by atoms with Gasteiger partial charge in [0.05, 0.1) is 0 Å². The fourth-order valence-electron chi connectivity index (χ4n) is 1.70. The van der Waals surface area contributed by atoms with Gasteiger partial charge in [-0.25, -0.2) is 0 Å². The van der Waals surface area contributed by atoms with Crippen molar-refractivity contribution in [3.63, 3.8) is 0 Å². The lowest BCUT2D eigenvalue weighted by Crippen LogP contribution is -2.61. The van der Waals surface area contributed by atoms with Crippen LogP contribution in [0.2, 0.25) is 0 Å². The van der Waals surface area contributed by atoms with E-state index < -0.39 is 11.9 Å². The zero-order valence-corrected chi connectivity index (χ0v) is 7.06. The first-order chi connectivity index (χ1) is 6.18. The molecule has 13 heavy (non-hydrogen) atoms. The van der Waals surface area contributed by atoms with Gasteiger partial charge in [-0.1, -0.05) is 12.2 Å². The highest BCUT2D eigenvalue weighted by atomic mass is 16.2. The van der Waals surface area contributed by atoms with E-state index in [0.717, 1.165) is 6.54 Å². The lowest BCUT2D eigenvalue weighted by atomic mass is 10.1. The van der Waals surface area contributed by atoms with E-state index in [1.54, 1.807) is 0 Å². The molecule has 0 spiro atoms. The molecule has 1 fully saturated rings. The zero-order valence-electron chi connectivity index (χ0n) is 7.06. The number of piperazine rings is 1. The van der Waals surface area contributed by atoms with Crippen molar-refractivity contribution in [1.82, 2.24) is 10.2 Å². The highest BCUT2D eigenvalue weighted by Crippen LogP contribution is 2.14. The summed E-state index contributed by atoms with van der Waals surface area (Å²) in [5.41, 5.74) is 5.11. The predicted molar refractivity (Wildman–Crippen MR) is 45.6 cm³/mol. The van der Waals surface area contributed by atoms with E-state index in [1.165, 1.54) is 0 Å². The molecular weight excluding hydrogens is 170 g/mol. The van der Waals surface area contributed by atoms with Crippen molar-refractivity contribution in [2.24, 2.45) is 5.73 Å². The molecule has 2 amide bonds. The number of nitrogens with zero attached hydrogens (tertiary/aromatic N) is 1. The minimum Gasteiger partial charge on any atom is -0.368 e. The quantitative estimate of drug-likeness (QED) is 0.469. The number of nitrogens with one attached hydrogen (secondary N) is 1. The second-order valence-corrected chi connectivity index (χ2v) is 3.29. The topological polar surface area (TPSA) is 75.4 Å². The van der Waals surface area contributed by atoms with E-state index >= 15 is 0 Å². The fraction of sp³-hybridized carbons (Fsp3) is 0.500. The summed E-state index contributed by atoms with van der Waals surface area (Å²) in [6, 6.07) is -0.737. The largest absolute Gasteiger partial charge is 0.368 e. The first kappa shape index (κ1) is 8.25. The summed E-state index contributed by atoms with van der Waals surface area (Å²) in [6.45, 7) is 1.24. The maximum atomic E-state index is 11.4. The number of carbonyl (C=O) groups is 2. The molecule has 5 heteroatoms. The lowest BCUT2D eigenvalue weighted by molar-refractivity contribution is -0.133. The zero-order chi connectivity index (χ0) is 9.42. The van der Waals surface area contributed by atoms with Gasteiger partial charge in [0.15, 0.2) is 0 Å². The molecule has 2 aliphatic rings. The Hall–Kier alpha value is -1.36. The number of carbonyl (C=O) groups excluding carboxylic acids is 2. The first-order valence-electron chi connectivity index (χ1n) is 4.19. The second kappa shape index (κ2) is 2.85. The summed E-state index contributed by atoms with van der Waals surface area (Å²) in [6.07, 6.45) is 3.76. The van der Waals surface area contributed by atoms with E-state index in [0.29, 0.717) is 6.54 Å². The molecule has 0 aromatic carbocycles. The van der Waals surface area contributed by atoms with E-state index in [2.05, 4.69) is 5.32 Å². The minimum atomic E-state index is -0.538. The van der Waals surface area contributed by atoms with Crippen LogP contribution in [0.1, 0.15) is 0 Å². The van der Waals surface area contributed by atoms with Crippen LogP contribution in [0, 0.1) is 0 Å². The van der Waals surface area contributed by atoms with Crippen LogP contribution < -0.4 is 11.1 Å². The minimum absolute atomic E-state index is 0.135. The number of fused-ring (bicyclic) bond motifs is 1. The molecule has 3 N–H and O–H groups in total. The molecule has 2 heterocycles. The molecule has 0 aliphatic carbocycles. The number of amides is 2. The molecular formula is C8H11N3O2. The van der Waals surface area contributed by atoms with Crippen molar-refractivity contribution in [1.29, 1.82) is 0 Å². The Bertz CT molecular complexity index is 287. The average Bonchev–Trinajstić information content (AvgIpc) is 2.51. The number of hydrogen-bond donors (Lipinski definition) is 2. The highest BCUT2D eigenvalue weighted by Gasteiger charge is 2.36. The third-order valence-corrected chi connectivity index (χ3v) is 2.40. The molecule has 1 saturated heterocycles. The fourth-order valence-corrected chi connectivity index (χ4v) is 1.70. The van der Waals surface area contributed by atoms with Gasteiger partial charge in [-0.05, 0) is 0 Å². The molecule has 0 radical (unpaired) electrons. The van der Waals surface area contributed by atoms with E-state index in [-0.39, 0.29) is 11.9 Å². The van der Waals surface area contributed by atoms with Gasteiger partial charge in [0, 0.05) is 13.1 Å². The normalized spacial score (nSPS) is 32.8. The Morgan fingerprint density at radius 2 is 2.46 bits per heavy atom. The number of rotatable bonds is 1. The monoisotopic (exact) mass is 181 g/mol. The highest BCUT2D eigenvalue weighted by molar-refractivity contribution is 5.91. The Labute approximate surface area is 75.6 Å². The van der Waals surface area contributed by atoms with Gasteiger partial charge in [0.25, 0.3) is 0 Å². The van der Waals surface area contributed by atoms with Crippen molar-refractivity contribution in [3.8, 4) is 0 Å². The number of nitrogens with two attached hydrogens (primary N) is 1. The summed E-state index contributed by atoms with van der Waals surface area (Å²) in [4.78, 5) is 24.2. The summed E-state index contributed by atoms with van der Waals surface area (Å²) in [5.74, 6) is -0.609. The van der Waals surface area contributed by atoms with Crippen molar-refractivity contribution < 1.29 is 9.59 Å². The molecule has 2 unspecified atom stereocenters. The van der Waals surface area contributed by atoms with E-state index in [9.17, 15) is 9.59 Å². The van der Waals surface area contributed by atoms with Crippen LogP contribution in [0.15, 0.2) is 12.2 Å². The summed E-state index contributed by atoms with van der Waals surface area (Å²) in [5, 5.41) is 2.58. The number of hydrogen-bond acceptors (Lipinski definition) is 3. The molecule has 2 aliphatic heterocycles. The van der Waals surface area contributed by atoms with Crippen LogP contribution >= 0.6 is 0 Å². The Morgan fingerprint density at radius 3 is 3.15 bits per heavy atom. The second-order valence-electron chi connectivity index (χ2n) is 3.29. The molecule has 0 aromatic rings.